The van der Waals surface area contributed by atoms with Crippen LogP contribution in [0, 0.1) is 0 Å². The van der Waals surface area contributed by atoms with Crippen LogP contribution in [0.2, 0.25) is 0 Å². The summed E-state index contributed by atoms with van der Waals surface area (Å²) in [5.41, 5.74) is 14.8. The van der Waals surface area contributed by atoms with Crippen molar-refractivity contribution < 1.29 is 8.83 Å². The Bertz CT molecular complexity index is 3800. The van der Waals surface area contributed by atoms with Crippen molar-refractivity contribution in [2.75, 3.05) is 0 Å². The van der Waals surface area contributed by atoms with Gasteiger partial charge in [-0.25, -0.2) is 0 Å². The van der Waals surface area contributed by atoms with Crippen LogP contribution in [0.25, 0.3) is 121 Å². The van der Waals surface area contributed by atoms with Crippen molar-refractivity contribution in [2.45, 2.75) is 0 Å². The van der Waals surface area contributed by atoms with Crippen LogP contribution < -0.4 is 0 Å². The molecule has 4 heteroatoms. The van der Waals surface area contributed by atoms with Crippen LogP contribution in [-0.4, -0.2) is 9.13 Å². The summed E-state index contributed by atoms with van der Waals surface area (Å²) in [6.07, 6.45) is 0. The average Bonchev–Trinajstić information content (AvgIpc) is 4.04. The second-order valence-corrected chi connectivity index (χ2v) is 15.2. The first-order chi connectivity index (χ1) is 28.8. The molecule has 4 heterocycles. The van der Waals surface area contributed by atoms with Gasteiger partial charge in [-0.3, -0.25) is 0 Å². The fraction of sp³-hybridized carbons (Fsp3) is 0. The van der Waals surface area contributed by atoms with Crippen LogP contribution in [0.5, 0.6) is 0 Å². The zero-order chi connectivity index (χ0) is 37.9. The third-order valence-electron chi connectivity index (χ3n) is 12.1. The molecule has 0 aliphatic rings. The lowest BCUT2D eigenvalue weighted by Crippen LogP contribution is -1.98. The van der Waals surface area contributed by atoms with Crippen LogP contribution >= 0.6 is 0 Å². The molecule has 9 aromatic carbocycles. The van der Waals surface area contributed by atoms with Gasteiger partial charge in [-0.05, 0) is 65.2 Å². The van der Waals surface area contributed by atoms with Crippen LogP contribution in [-0.2, 0) is 0 Å². The molecule has 0 bridgehead atoms. The molecule has 0 fully saturated rings. The molecule has 13 rings (SSSR count). The summed E-state index contributed by atoms with van der Waals surface area (Å²) in [6.45, 7) is 0. The third-order valence-corrected chi connectivity index (χ3v) is 12.1. The molecule has 13 aromatic rings. The van der Waals surface area contributed by atoms with Crippen molar-refractivity contribution >= 4 is 87.5 Å². The molecule has 4 nitrogen and oxygen atoms in total. The summed E-state index contributed by atoms with van der Waals surface area (Å²) in [5.74, 6) is 0. The predicted octanol–water partition coefficient (Wildman–Crippen LogP) is 15.0. The molecule has 270 valence electrons. The van der Waals surface area contributed by atoms with E-state index in [0.29, 0.717) is 0 Å². The highest BCUT2D eigenvalue weighted by atomic mass is 16.3. The highest BCUT2D eigenvalue weighted by molar-refractivity contribution is 6.20. The monoisotopic (exact) mass is 740 g/mol. The largest absolute Gasteiger partial charge is 0.454 e. The van der Waals surface area contributed by atoms with E-state index >= 15 is 0 Å². The molecular weight excluding hydrogens is 709 g/mol. The maximum absolute atomic E-state index is 6.73. The van der Waals surface area contributed by atoms with E-state index in [2.05, 4.69) is 191 Å². The van der Waals surface area contributed by atoms with Crippen molar-refractivity contribution in [1.82, 2.24) is 9.13 Å². The highest BCUT2D eigenvalue weighted by Crippen LogP contribution is 2.47. The zero-order valence-electron chi connectivity index (χ0n) is 31.2. The minimum atomic E-state index is 0.876. The van der Waals surface area contributed by atoms with Gasteiger partial charge in [0.1, 0.15) is 11.2 Å². The normalized spacial score (nSPS) is 12.1. The van der Waals surface area contributed by atoms with Gasteiger partial charge in [0.25, 0.3) is 0 Å². The molecule has 0 aliphatic heterocycles. The molecule has 0 atom stereocenters. The van der Waals surface area contributed by atoms with Gasteiger partial charge >= 0.3 is 0 Å². The lowest BCUT2D eigenvalue weighted by molar-refractivity contribution is 0.666. The minimum absolute atomic E-state index is 0.876. The standard InChI is InChI=1S/C54H32N2O2/c1-2-14-33(15-3-1)35-29-30-40-36-16-4-9-23-45(36)56(48-25-13-21-42-39-19-7-11-27-50(39)58-54(42)48)52(40)51(35)34-28-31-46-43(32-34)37-17-5-8-22-44(37)55(46)47-24-12-20-41-38-18-6-10-26-49(38)57-53(41)47/h1-32H. The predicted molar refractivity (Wildman–Crippen MR) is 241 cm³/mol. The van der Waals surface area contributed by atoms with Crippen molar-refractivity contribution in [3.05, 3.63) is 194 Å². The SMILES string of the molecule is c1ccc(-c2ccc3c4ccccc4n(-c4cccc5c4oc4ccccc45)c3c2-c2ccc3c(c2)c2ccccc2n3-c2cccc3c2oc2ccccc23)cc1. The van der Waals surface area contributed by atoms with Crippen molar-refractivity contribution in [1.29, 1.82) is 0 Å². The van der Waals surface area contributed by atoms with E-state index in [1.807, 2.05) is 12.1 Å². The fourth-order valence-electron chi connectivity index (χ4n) is 9.66. The van der Waals surface area contributed by atoms with Crippen LogP contribution in [0.1, 0.15) is 0 Å². The molecule has 0 saturated heterocycles. The van der Waals surface area contributed by atoms with Gasteiger partial charge < -0.3 is 18.0 Å². The van der Waals surface area contributed by atoms with Gasteiger partial charge in [0.05, 0.1) is 33.4 Å². The molecule has 58 heavy (non-hydrogen) atoms. The second-order valence-electron chi connectivity index (χ2n) is 15.2. The fourth-order valence-corrected chi connectivity index (χ4v) is 9.66. The lowest BCUT2D eigenvalue weighted by Gasteiger charge is -2.17. The number of aromatic nitrogens is 2. The maximum Gasteiger partial charge on any atom is 0.159 e. The molecule has 0 radical (unpaired) electrons. The number of hydrogen-bond acceptors (Lipinski definition) is 2. The number of furan rings is 2. The average molecular weight is 741 g/mol. The van der Waals surface area contributed by atoms with E-state index in [0.717, 1.165) is 88.4 Å². The Labute approximate surface area is 332 Å². The molecule has 4 aromatic heterocycles. The maximum atomic E-state index is 6.73. The molecule has 0 N–H and O–H groups in total. The molecule has 0 spiro atoms. The van der Waals surface area contributed by atoms with Gasteiger partial charge in [-0.1, -0.05) is 146 Å². The number of para-hydroxylation sites is 6. The highest BCUT2D eigenvalue weighted by Gasteiger charge is 2.24. The Morgan fingerprint density at radius 3 is 1.50 bits per heavy atom. The van der Waals surface area contributed by atoms with Crippen molar-refractivity contribution in [3.63, 3.8) is 0 Å². The van der Waals surface area contributed by atoms with E-state index in [1.165, 1.54) is 32.7 Å². The van der Waals surface area contributed by atoms with Gasteiger partial charge in [0.2, 0.25) is 0 Å². The Hall–Kier alpha value is -7.82. The Balaban J connectivity index is 1.15. The first-order valence-corrected chi connectivity index (χ1v) is 19.8. The van der Waals surface area contributed by atoms with E-state index in [9.17, 15) is 0 Å². The summed E-state index contributed by atoms with van der Waals surface area (Å²) in [6, 6.07) is 69.5. The summed E-state index contributed by atoms with van der Waals surface area (Å²) in [5, 5.41) is 9.21. The number of nitrogens with zero attached hydrogens (tertiary/aromatic N) is 2. The minimum Gasteiger partial charge on any atom is -0.454 e. The molecular formula is C54H32N2O2. The van der Waals surface area contributed by atoms with Gasteiger partial charge in [-0.15, -0.1) is 0 Å². The molecule has 0 aliphatic carbocycles. The summed E-state index contributed by atoms with van der Waals surface area (Å²) >= 11 is 0. The van der Waals surface area contributed by atoms with Crippen molar-refractivity contribution in [2.24, 2.45) is 0 Å². The first kappa shape index (κ1) is 31.4. The van der Waals surface area contributed by atoms with Gasteiger partial charge in [0.15, 0.2) is 11.2 Å². The Kier molecular flexibility index (Phi) is 6.41. The molecule has 0 unspecified atom stereocenters. The Morgan fingerprint density at radius 2 is 0.828 bits per heavy atom. The summed E-state index contributed by atoms with van der Waals surface area (Å²) in [4.78, 5) is 0. The van der Waals surface area contributed by atoms with Crippen LogP contribution in [0.15, 0.2) is 203 Å². The molecule has 0 saturated carbocycles. The van der Waals surface area contributed by atoms with E-state index in [4.69, 9.17) is 8.83 Å². The number of fused-ring (bicyclic) bond motifs is 12. The third kappa shape index (κ3) is 4.29. The Morgan fingerprint density at radius 1 is 0.310 bits per heavy atom. The zero-order valence-corrected chi connectivity index (χ0v) is 31.2. The van der Waals surface area contributed by atoms with E-state index in [1.54, 1.807) is 0 Å². The number of benzene rings is 9. The quantitative estimate of drug-likeness (QED) is 0.180. The summed E-state index contributed by atoms with van der Waals surface area (Å²) < 4.78 is 18.2. The smallest absolute Gasteiger partial charge is 0.159 e. The van der Waals surface area contributed by atoms with E-state index in [-0.39, 0.29) is 0 Å². The van der Waals surface area contributed by atoms with E-state index < -0.39 is 0 Å². The first-order valence-electron chi connectivity index (χ1n) is 19.8. The van der Waals surface area contributed by atoms with Gasteiger partial charge in [-0.2, -0.15) is 0 Å². The lowest BCUT2D eigenvalue weighted by atomic mass is 9.91. The number of hydrogen-bond donors (Lipinski definition) is 0. The van der Waals surface area contributed by atoms with Crippen LogP contribution in [0.4, 0.5) is 0 Å². The number of rotatable bonds is 4. The van der Waals surface area contributed by atoms with Crippen LogP contribution in [0.3, 0.4) is 0 Å². The van der Waals surface area contributed by atoms with Gasteiger partial charge in [0, 0.05) is 48.7 Å². The van der Waals surface area contributed by atoms with Crippen molar-refractivity contribution in [3.8, 4) is 33.6 Å². The second kappa shape index (κ2) is 11.8. The summed E-state index contributed by atoms with van der Waals surface area (Å²) in [7, 11) is 0. The molecule has 0 amide bonds. The topological polar surface area (TPSA) is 36.1 Å².